The minimum atomic E-state index is -0.204. The Morgan fingerprint density at radius 3 is 2.55 bits per heavy atom. The third-order valence-electron chi connectivity index (χ3n) is 3.70. The Labute approximate surface area is 130 Å². The van der Waals surface area contributed by atoms with Gasteiger partial charge in [-0.1, -0.05) is 22.0 Å². The maximum atomic E-state index is 13.0. The van der Waals surface area contributed by atoms with E-state index in [-0.39, 0.29) is 11.9 Å². The zero-order chi connectivity index (χ0) is 15.1. The van der Waals surface area contributed by atoms with Gasteiger partial charge in [-0.25, -0.2) is 4.39 Å². The summed E-state index contributed by atoms with van der Waals surface area (Å²) in [5.74, 6) is -0.204. The molecule has 0 radical (unpaired) electrons. The highest BCUT2D eigenvalue weighted by molar-refractivity contribution is 9.10. The minimum absolute atomic E-state index is 0.204. The quantitative estimate of drug-likeness (QED) is 0.705. The van der Waals surface area contributed by atoms with Gasteiger partial charge in [0.25, 0.3) is 0 Å². The molecule has 0 aliphatic rings. The molecule has 0 heterocycles. The molecular weight excluding hydrogens is 319 g/mol. The van der Waals surface area contributed by atoms with Crippen LogP contribution in [0.4, 0.5) is 4.39 Å². The SMILES string of the molecule is CC(NCCCCN(C)C(C)C)c1ccc(F)cc1Br. The van der Waals surface area contributed by atoms with Crippen molar-refractivity contribution < 1.29 is 4.39 Å². The van der Waals surface area contributed by atoms with E-state index in [1.54, 1.807) is 0 Å². The lowest BCUT2D eigenvalue weighted by molar-refractivity contribution is 0.267. The largest absolute Gasteiger partial charge is 0.310 e. The number of benzene rings is 1. The zero-order valence-corrected chi connectivity index (χ0v) is 14.5. The maximum Gasteiger partial charge on any atom is 0.124 e. The highest BCUT2D eigenvalue weighted by atomic mass is 79.9. The van der Waals surface area contributed by atoms with Crippen molar-refractivity contribution in [3.8, 4) is 0 Å². The van der Waals surface area contributed by atoms with E-state index in [0.29, 0.717) is 6.04 Å². The van der Waals surface area contributed by atoms with Crippen LogP contribution >= 0.6 is 15.9 Å². The van der Waals surface area contributed by atoms with Gasteiger partial charge >= 0.3 is 0 Å². The molecule has 4 heteroatoms. The highest BCUT2D eigenvalue weighted by Crippen LogP contribution is 2.24. The maximum absolute atomic E-state index is 13.0. The molecule has 1 unspecified atom stereocenters. The molecule has 1 aromatic carbocycles. The van der Waals surface area contributed by atoms with Gasteiger partial charge in [0.2, 0.25) is 0 Å². The van der Waals surface area contributed by atoms with Crippen LogP contribution in [0.3, 0.4) is 0 Å². The predicted molar refractivity (Wildman–Crippen MR) is 87.5 cm³/mol. The van der Waals surface area contributed by atoms with E-state index in [9.17, 15) is 4.39 Å². The molecule has 1 N–H and O–H groups in total. The van der Waals surface area contributed by atoms with Crippen molar-refractivity contribution in [1.29, 1.82) is 0 Å². The number of rotatable bonds is 8. The van der Waals surface area contributed by atoms with Gasteiger partial charge in [0, 0.05) is 16.6 Å². The van der Waals surface area contributed by atoms with Gasteiger partial charge < -0.3 is 10.2 Å². The van der Waals surface area contributed by atoms with Gasteiger partial charge in [0.15, 0.2) is 0 Å². The Kier molecular flexibility index (Phi) is 7.70. The first-order valence-corrected chi connectivity index (χ1v) is 8.09. The van der Waals surface area contributed by atoms with Crippen LogP contribution in [-0.2, 0) is 0 Å². The van der Waals surface area contributed by atoms with Crippen molar-refractivity contribution in [2.45, 2.75) is 45.7 Å². The molecule has 0 aromatic heterocycles. The Morgan fingerprint density at radius 1 is 1.25 bits per heavy atom. The van der Waals surface area contributed by atoms with Crippen molar-refractivity contribution in [3.05, 3.63) is 34.1 Å². The number of unbranched alkanes of at least 4 members (excludes halogenated alkanes) is 1. The fourth-order valence-corrected chi connectivity index (χ4v) is 2.72. The highest BCUT2D eigenvalue weighted by Gasteiger charge is 2.09. The second kappa shape index (κ2) is 8.75. The molecule has 20 heavy (non-hydrogen) atoms. The van der Waals surface area contributed by atoms with Crippen molar-refractivity contribution >= 4 is 15.9 Å². The molecule has 0 fully saturated rings. The minimum Gasteiger partial charge on any atom is -0.310 e. The number of nitrogens with zero attached hydrogens (tertiary/aromatic N) is 1. The molecule has 114 valence electrons. The third kappa shape index (κ3) is 5.90. The smallest absolute Gasteiger partial charge is 0.124 e. The summed E-state index contributed by atoms with van der Waals surface area (Å²) in [6, 6.07) is 5.70. The zero-order valence-electron chi connectivity index (χ0n) is 12.9. The number of nitrogens with one attached hydrogen (secondary N) is 1. The van der Waals surface area contributed by atoms with E-state index in [0.717, 1.165) is 29.5 Å². The standard InChI is InChI=1S/C16H26BrFN2/c1-12(2)20(4)10-6-5-9-19-13(3)15-8-7-14(18)11-16(15)17/h7-8,11-13,19H,5-6,9-10H2,1-4H3. The summed E-state index contributed by atoms with van der Waals surface area (Å²) in [5.41, 5.74) is 1.10. The molecule has 0 bridgehead atoms. The normalized spacial score (nSPS) is 13.2. The Bertz CT molecular complexity index is 409. The monoisotopic (exact) mass is 344 g/mol. The number of hydrogen-bond acceptors (Lipinski definition) is 2. The molecule has 0 amide bonds. The van der Waals surface area contributed by atoms with Gasteiger partial charge in [-0.3, -0.25) is 0 Å². The summed E-state index contributed by atoms with van der Waals surface area (Å²) in [5, 5.41) is 3.49. The fourth-order valence-electron chi connectivity index (χ4n) is 2.03. The lowest BCUT2D eigenvalue weighted by Gasteiger charge is -2.21. The van der Waals surface area contributed by atoms with Crippen LogP contribution in [0.25, 0.3) is 0 Å². The van der Waals surface area contributed by atoms with Crippen molar-refractivity contribution in [2.24, 2.45) is 0 Å². The lowest BCUT2D eigenvalue weighted by Crippen LogP contribution is -2.28. The second-order valence-corrected chi connectivity index (χ2v) is 6.48. The Hall–Kier alpha value is -0.450. The van der Waals surface area contributed by atoms with Crippen molar-refractivity contribution in [2.75, 3.05) is 20.1 Å². The Balaban J connectivity index is 2.28. The molecule has 0 saturated carbocycles. The van der Waals surface area contributed by atoms with E-state index in [2.05, 4.69) is 54.0 Å². The summed E-state index contributed by atoms with van der Waals surface area (Å²) < 4.78 is 13.9. The number of halogens is 2. The molecule has 0 aliphatic heterocycles. The van der Waals surface area contributed by atoms with Gasteiger partial charge in [-0.05, 0) is 71.4 Å². The van der Waals surface area contributed by atoms with E-state index in [1.165, 1.54) is 18.6 Å². The van der Waals surface area contributed by atoms with Crippen molar-refractivity contribution in [3.63, 3.8) is 0 Å². The molecule has 0 aliphatic carbocycles. The van der Waals surface area contributed by atoms with E-state index in [4.69, 9.17) is 0 Å². The second-order valence-electron chi connectivity index (χ2n) is 5.62. The van der Waals surface area contributed by atoms with Crippen LogP contribution < -0.4 is 5.32 Å². The number of hydrogen-bond donors (Lipinski definition) is 1. The first-order chi connectivity index (χ1) is 9.41. The first kappa shape index (κ1) is 17.6. The summed E-state index contributed by atoms with van der Waals surface area (Å²) in [6.45, 7) is 8.65. The van der Waals surface area contributed by atoms with Gasteiger partial charge in [-0.15, -0.1) is 0 Å². The van der Waals surface area contributed by atoms with E-state index >= 15 is 0 Å². The average molecular weight is 345 g/mol. The average Bonchev–Trinajstić information content (AvgIpc) is 2.37. The molecule has 2 nitrogen and oxygen atoms in total. The van der Waals surface area contributed by atoms with E-state index in [1.807, 2.05) is 6.07 Å². The van der Waals surface area contributed by atoms with Crippen LogP contribution in [0, 0.1) is 5.82 Å². The topological polar surface area (TPSA) is 15.3 Å². The van der Waals surface area contributed by atoms with Gasteiger partial charge in [0.05, 0.1) is 0 Å². The van der Waals surface area contributed by atoms with E-state index < -0.39 is 0 Å². The summed E-state index contributed by atoms with van der Waals surface area (Å²) in [7, 11) is 2.16. The molecule has 1 aromatic rings. The molecule has 0 saturated heterocycles. The molecule has 0 spiro atoms. The van der Waals surface area contributed by atoms with Crippen LogP contribution in [0.2, 0.25) is 0 Å². The summed E-state index contributed by atoms with van der Waals surface area (Å²) >= 11 is 3.42. The third-order valence-corrected chi connectivity index (χ3v) is 4.39. The van der Waals surface area contributed by atoms with Crippen LogP contribution in [-0.4, -0.2) is 31.1 Å². The van der Waals surface area contributed by atoms with Crippen LogP contribution in [0.15, 0.2) is 22.7 Å². The molecule has 1 rings (SSSR count). The molecular formula is C16H26BrFN2. The van der Waals surface area contributed by atoms with Crippen LogP contribution in [0.1, 0.15) is 45.2 Å². The first-order valence-electron chi connectivity index (χ1n) is 7.30. The van der Waals surface area contributed by atoms with Crippen molar-refractivity contribution in [1.82, 2.24) is 10.2 Å². The molecule has 1 atom stereocenters. The fraction of sp³-hybridized carbons (Fsp3) is 0.625. The summed E-state index contributed by atoms with van der Waals surface area (Å²) in [6.07, 6.45) is 2.35. The summed E-state index contributed by atoms with van der Waals surface area (Å²) in [4.78, 5) is 2.36. The predicted octanol–water partition coefficient (Wildman–Crippen LogP) is 4.36. The van der Waals surface area contributed by atoms with Gasteiger partial charge in [-0.2, -0.15) is 0 Å². The van der Waals surface area contributed by atoms with Crippen LogP contribution in [0.5, 0.6) is 0 Å². The van der Waals surface area contributed by atoms with Gasteiger partial charge in [0.1, 0.15) is 5.82 Å². The Morgan fingerprint density at radius 2 is 1.95 bits per heavy atom. The lowest BCUT2D eigenvalue weighted by atomic mass is 10.1.